The van der Waals surface area contributed by atoms with Gasteiger partial charge in [0, 0.05) is 5.02 Å². The van der Waals surface area contributed by atoms with E-state index in [1.807, 2.05) is 13.0 Å². The van der Waals surface area contributed by atoms with Gasteiger partial charge >= 0.3 is 0 Å². The molecule has 1 atom stereocenters. The van der Waals surface area contributed by atoms with Crippen LogP contribution in [0.25, 0.3) is 11.1 Å². The Morgan fingerprint density at radius 1 is 1.04 bits per heavy atom. The molecule has 1 saturated heterocycles. The second-order valence-corrected chi connectivity index (χ2v) is 7.98. The van der Waals surface area contributed by atoms with E-state index in [4.69, 9.17) is 11.6 Å². The summed E-state index contributed by atoms with van der Waals surface area (Å²) in [6, 6.07) is 9.74. The van der Waals surface area contributed by atoms with Gasteiger partial charge in [0.05, 0.1) is 5.54 Å². The van der Waals surface area contributed by atoms with E-state index in [1.165, 1.54) is 12.1 Å². The first-order valence-electron chi connectivity index (χ1n) is 9.34. The lowest BCUT2D eigenvalue weighted by Crippen LogP contribution is -2.47. The van der Waals surface area contributed by atoms with Crippen LogP contribution in [0, 0.1) is 12.7 Å². The number of carbonyl (C=O) groups is 2. The SMILES string of the molecule is Cc1c(-c2ccc(F)cc2)ccc(Cl)c1C1C(=O)NC2(CCCCC2)C1=O. The predicted molar refractivity (Wildman–Crippen MR) is 103 cm³/mol. The van der Waals surface area contributed by atoms with Crippen molar-refractivity contribution in [3.8, 4) is 11.1 Å². The minimum atomic E-state index is -0.879. The van der Waals surface area contributed by atoms with Gasteiger partial charge in [-0.1, -0.05) is 49.1 Å². The van der Waals surface area contributed by atoms with Crippen molar-refractivity contribution in [1.29, 1.82) is 0 Å². The summed E-state index contributed by atoms with van der Waals surface area (Å²) in [6.07, 6.45) is 4.38. The van der Waals surface area contributed by atoms with Crippen molar-refractivity contribution in [2.24, 2.45) is 0 Å². The number of hydrogen-bond donors (Lipinski definition) is 1. The van der Waals surface area contributed by atoms with Gasteiger partial charge in [0.1, 0.15) is 11.7 Å². The fourth-order valence-electron chi connectivity index (χ4n) is 4.55. The Morgan fingerprint density at radius 3 is 2.37 bits per heavy atom. The van der Waals surface area contributed by atoms with Gasteiger partial charge in [-0.25, -0.2) is 4.39 Å². The largest absolute Gasteiger partial charge is 0.343 e. The van der Waals surface area contributed by atoms with E-state index in [2.05, 4.69) is 5.32 Å². The minimum Gasteiger partial charge on any atom is -0.343 e. The number of amides is 1. The number of Topliss-reactive ketones (excluding diaryl/α,β-unsaturated/α-hetero) is 1. The quantitative estimate of drug-likeness (QED) is 0.744. The highest BCUT2D eigenvalue weighted by atomic mass is 35.5. The van der Waals surface area contributed by atoms with Gasteiger partial charge in [-0.2, -0.15) is 0 Å². The molecule has 140 valence electrons. The van der Waals surface area contributed by atoms with Crippen LogP contribution in [0.1, 0.15) is 49.1 Å². The minimum absolute atomic E-state index is 0.0616. The molecule has 1 amide bonds. The van der Waals surface area contributed by atoms with Gasteiger partial charge in [0.15, 0.2) is 5.78 Å². The van der Waals surface area contributed by atoms with Crippen molar-refractivity contribution in [3.63, 3.8) is 0 Å². The standard InChI is InChI=1S/C22H21ClFNO2/c1-13-16(14-5-7-15(24)8-6-14)9-10-17(23)18(13)19-20(26)22(25-21(19)27)11-3-2-4-12-22/h5-10,19H,2-4,11-12H2,1H3,(H,25,27). The van der Waals surface area contributed by atoms with Gasteiger partial charge in [-0.3, -0.25) is 9.59 Å². The summed E-state index contributed by atoms with van der Waals surface area (Å²) in [5, 5.41) is 3.41. The molecule has 0 radical (unpaired) electrons. The Kier molecular flexibility index (Phi) is 4.55. The number of hydrogen-bond acceptors (Lipinski definition) is 2. The molecule has 1 saturated carbocycles. The molecular formula is C22H21ClFNO2. The summed E-state index contributed by atoms with van der Waals surface area (Å²) in [4.78, 5) is 26.1. The van der Waals surface area contributed by atoms with E-state index < -0.39 is 11.5 Å². The fourth-order valence-corrected chi connectivity index (χ4v) is 4.86. The van der Waals surface area contributed by atoms with Crippen LogP contribution in [0.5, 0.6) is 0 Å². The van der Waals surface area contributed by atoms with Crippen molar-refractivity contribution in [2.75, 3.05) is 0 Å². The first-order chi connectivity index (χ1) is 12.9. The normalized spacial score (nSPS) is 21.5. The topological polar surface area (TPSA) is 46.2 Å². The van der Waals surface area contributed by atoms with Crippen LogP contribution in [-0.4, -0.2) is 17.2 Å². The van der Waals surface area contributed by atoms with Gasteiger partial charge < -0.3 is 5.32 Å². The average Bonchev–Trinajstić information content (AvgIpc) is 2.88. The molecule has 2 fully saturated rings. The predicted octanol–water partition coefficient (Wildman–Crippen LogP) is 4.94. The highest BCUT2D eigenvalue weighted by Gasteiger charge is 2.53. The molecule has 1 spiro atoms. The van der Waals surface area contributed by atoms with Gasteiger partial charge in [-0.05, 0) is 60.2 Å². The van der Waals surface area contributed by atoms with E-state index in [-0.39, 0.29) is 17.5 Å². The van der Waals surface area contributed by atoms with E-state index in [1.54, 1.807) is 18.2 Å². The molecule has 0 aromatic heterocycles. The maximum Gasteiger partial charge on any atom is 0.236 e. The van der Waals surface area contributed by atoms with Crippen molar-refractivity contribution >= 4 is 23.3 Å². The summed E-state index contributed by atoms with van der Waals surface area (Å²) in [5.41, 5.74) is 2.30. The zero-order valence-electron chi connectivity index (χ0n) is 15.1. The zero-order valence-corrected chi connectivity index (χ0v) is 15.9. The monoisotopic (exact) mass is 385 g/mol. The molecule has 2 aromatic carbocycles. The number of carbonyl (C=O) groups excluding carboxylic acids is 2. The van der Waals surface area contributed by atoms with E-state index in [0.717, 1.165) is 36.0 Å². The molecule has 5 heteroatoms. The third kappa shape index (κ3) is 2.96. The Morgan fingerprint density at radius 2 is 1.70 bits per heavy atom. The summed E-state index contributed by atoms with van der Waals surface area (Å²) < 4.78 is 13.3. The molecule has 1 aliphatic heterocycles. The summed E-state index contributed by atoms with van der Waals surface area (Å²) in [5.74, 6) is -1.51. The van der Waals surface area contributed by atoms with E-state index in [0.29, 0.717) is 23.4 Å². The Hall–Kier alpha value is -2.20. The lowest BCUT2D eigenvalue weighted by Gasteiger charge is -2.31. The van der Waals surface area contributed by atoms with Crippen molar-refractivity contribution in [2.45, 2.75) is 50.5 Å². The van der Waals surface area contributed by atoms with Crippen molar-refractivity contribution in [3.05, 3.63) is 58.4 Å². The smallest absolute Gasteiger partial charge is 0.236 e. The van der Waals surface area contributed by atoms with Gasteiger partial charge in [0.25, 0.3) is 0 Å². The Balaban J connectivity index is 1.79. The fraction of sp³-hybridized carbons (Fsp3) is 0.364. The van der Waals surface area contributed by atoms with Crippen LogP contribution >= 0.6 is 11.6 Å². The molecule has 2 aromatic rings. The summed E-state index contributed by atoms with van der Waals surface area (Å²) in [6.45, 7) is 1.87. The number of halogens is 2. The average molecular weight is 386 g/mol. The molecule has 4 rings (SSSR count). The second-order valence-electron chi connectivity index (χ2n) is 7.57. The number of ketones is 1. The first-order valence-corrected chi connectivity index (χ1v) is 9.72. The molecule has 1 heterocycles. The van der Waals surface area contributed by atoms with Gasteiger partial charge in [0.2, 0.25) is 5.91 Å². The van der Waals surface area contributed by atoms with Crippen LogP contribution in [0.15, 0.2) is 36.4 Å². The van der Waals surface area contributed by atoms with Crippen LogP contribution in [0.3, 0.4) is 0 Å². The number of benzene rings is 2. The summed E-state index contributed by atoms with van der Waals surface area (Å²) >= 11 is 6.46. The van der Waals surface area contributed by atoms with Crippen LogP contribution in [0.2, 0.25) is 5.02 Å². The van der Waals surface area contributed by atoms with Crippen LogP contribution < -0.4 is 5.32 Å². The molecule has 1 aliphatic carbocycles. The molecular weight excluding hydrogens is 365 g/mol. The Labute approximate surface area is 162 Å². The highest BCUT2D eigenvalue weighted by molar-refractivity contribution is 6.33. The molecule has 3 nitrogen and oxygen atoms in total. The zero-order chi connectivity index (χ0) is 19.2. The highest BCUT2D eigenvalue weighted by Crippen LogP contribution is 2.43. The molecule has 1 N–H and O–H groups in total. The number of rotatable bonds is 2. The Bertz CT molecular complexity index is 917. The third-order valence-corrected chi connectivity index (χ3v) is 6.30. The lowest BCUT2D eigenvalue weighted by atomic mass is 9.76. The van der Waals surface area contributed by atoms with Crippen LogP contribution in [0.4, 0.5) is 4.39 Å². The molecule has 2 aliphatic rings. The second kappa shape index (κ2) is 6.75. The lowest BCUT2D eigenvalue weighted by molar-refractivity contribution is -0.125. The molecule has 1 unspecified atom stereocenters. The number of nitrogens with one attached hydrogen (secondary N) is 1. The summed E-state index contributed by atoms with van der Waals surface area (Å²) in [7, 11) is 0. The third-order valence-electron chi connectivity index (χ3n) is 5.97. The molecule has 0 bridgehead atoms. The maximum absolute atomic E-state index is 13.3. The molecule has 27 heavy (non-hydrogen) atoms. The first kappa shape index (κ1) is 18.2. The van der Waals surface area contributed by atoms with Gasteiger partial charge in [-0.15, -0.1) is 0 Å². The maximum atomic E-state index is 13.3. The van der Waals surface area contributed by atoms with Crippen molar-refractivity contribution < 1.29 is 14.0 Å². The van der Waals surface area contributed by atoms with Crippen molar-refractivity contribution in [1.82, 2.24) is 5.32 Å². The van der Waals surface area contributed by atoms with E-state index in [9.17, 15) is 14.0 Å². The van der Waals surface area contributed by atoms with E-state index >= 15 is 0 Å². The van der Waals surface area contributed by atoms with Crippen LogP contribution in [-0.2, 0) is 9.59 Å².